The van der Waals surface area contributed by atoms with Crippen molar-refractivity contribution in [2.45, 2.75) is 0 Å². The maximum atomic E-state index is 11.4. The van der Waals surface area contributed by atoms with Crippen molar-refractivity contribution >= 4 is 5.97 Å². The van der Waals surface area contributed by atoms with E-state index >= 15 is 0 Å². The summed E-state index contributed by atoms with van der Waals surface area (Å²) >= 11 is 0. The monoisotopic (exact) mass is 279 g/mol. The number of carboxylic acid groups (broad SMARTS) is 1. The van der Waals surface area contributed by atoms with Gasteiger partial charge in [-0.2, -0.15) is 0 Å². The van der Waals surface area contributed by atoms with Crippen LogP contribution in [0.1, 0.15) is 10.5 Å². The standard InChI is InChI=1S/C17H13NO3/c19-13-8-6-11(7-9-13)14-10-15(18-16(14)17(20)21)12-4-2-1-3-5-12/h1-10,18-19H,(H,20,21). The summed E-state index contributed by atoms with van der Waals surface area (Å²) in [5.41, 5.74) is 3.14. The molecule has 0 aliphatic carbocycles. The highest BCUT2D eigenvalue weighted by Crippen LogP contribution is 2.30. The molecule has 0 aliphatic heterocycles. The van der Waals surface area contributed by atoms with Gasteiger partial charge < -0.3 is 15.2 Å². The molecule has 21 heavy (non-hydrogen) atoms. The zero-order chi connectivity index (χ0) is 14.8. The number of nitrogens with one attached hydrogen (secondary N) is 1. The van der Waals surface area contributed by atoms with Gasteiger partial charge in [-0.1, -0.05) is 42.5 Å². The maximum absolute atomic E-state index is 11.4. The Hall–Kier alpha value is -3.01. The van der Waals surface area contributed by atoms with E-state index in [1.807, 2.05) is 36.4 Å². The topological polar surface area (TPSA) is 73.3 Å². The van der Waals surface area contributed by atoms with Gasteiger partial charge in [0.05, 0.1) is 0 Å². The minimum atomic E-state index is -1.01. The summed E-state index contributed by atoms with van der Waals surface area (Å²) < 4.78 is 0. The molecule has 4 nitrogen and oxygen atoms in total. The Morgan fingerprint density at radius 3 is 2.19 bits per heavy atom. The Balaban J connectivity index is 2.14. The Morgan fingerprint density at radius 1 is 0.905 bits per heavy atom. The van der Waals surface area contributed by atoms with Crippen molar-refractivity contribution in [1.29, 1.82) is 0 Å². The quantitative estimate of drug-likeness (QED) is 0.683. The van der Waals surface area contributed by atoms with Crippen molar-refractivity contribution in [2.24, 2.45) is 0 Å². The summed E-state index contributed by atoms with van der Waals surface area (Å²) in [5, 5.41) is 18.7. The van der Waals surface area contributed by atoms with Crippen molar-refractivity contribution in [3.8, 4) is 28.1 Å². The molecule has 0 fully saturated rings. The van der Waals surface area contributed by atoms with Crippen LogP contribution in [0.2, 0.25) is 0 Å². The molecular formula is C17H13NO3. The number of hydrogen-bond donors (Lipinski definition) is 3. The van der Waals surface area contributed by atoms with Crippen LogP contribution in [0.25, 0.3) is 22.4 Å². The lowest BCUT2D eigenvalue weighted by Gasteiger charge is -2.00. The molecule has 3 aromatic rings. The van der Waals surface area contributed by atoms with Crippen LogP contribution in [-0.2, 0) is 0 Å². The highest BCUT2D eigenvalue weighted by molar-refractivity contribution is 5.96. The second-order valence-corrected chi connectivity index (χ2v) is 4.69. The average Bonchev–Trinajstić information content (AvgIpc) is 2.94. The molecule has 0 unspecified atom stereocenters. The molecule has 104 valence electrons. The average molecular weight is 279 g/mol. The third-order valence-corrected chi connectivity index (χ3v) is 3.29. The number of aromatic amines is 1. The van der Waals surface area contributed by atoms with Crippen LogP contribution in [0.4, 0.5) is 0 Å². The van der Waals surface area contributed by atoms with Crippen LogP contribution in [0.15, 0.2) is 60.7 Å². The fourth-order valence-corrected chi connectivity index (χ4v) is 2.27. The predicted molar refractivity (Wildman–Crippen MR) is 80.3 cm³/mol. The van der Waals surface area contributed by atoms with Crippen molar-refractivity contribution in [1.82, 2.24) is 4.98 Å². The molecule has 0 amide bonds. The highest BCUT2D eigenvalue weighted by Gasteiger charge is 2.16. The van der Waals surface area contributed by atoms with E-state index in [9.17, 15) is 15.0 Å². The Morgan fingerprint density at radius 2 is 1.57 bits per heavy atom. The fourth-order valence-electron chi connectivity index (χ4n) is 2.27. The molecule has 0 saturated heterocycles. The van der Waals surface area contributed by atoms with Crippen LogP contribution in [0.5, 0.6) is 5.75 Å². The summed E-state index contributed by atoms with van der Waals surface area (Å²) in [7, 11) is 0. The lowest BCUT2D eigenvalue weighted by molar-refractivity contribution is 0.0692. The van der Waals surface area contributed by atoms with Crippen LogP contribution < -0.4 is 0 Å². The first-order valence-electron chi connectivity index (χ1n) is 6.46. The van der Waals surface area contributed by atoms with Crippen LogP contribution in [0, 0.1) is 0 Å². The third kappa shape index (κ3) is 2.51. The molecule has 3 N–H and O–H groups in total. The van der Waals surface area contributed by atoms with Crippen molar-refractivity contribution < 1.29 is 15.0 Å². The lowest BCUT2D eigenvalue weighted by Crippen LogP contribution is -1.98. The first-order chi connectivity index (χ1) is 10.1. The lowest BCUT2D eigenvalue weighted by atomic mass is 10.0. The van der Waals surface area contributed by atoms with Crippen molar-refractivity contribution in [3.05, 3.63) is 66.4 Å². The van der Waals surface area contributed by atoms with E-state index in [2.05, 4.69) is 4.98 Å². The summed E-state index contributed by atoms with van der Waals surface area (Å²) in [5.74, 6) is -0.866. The number of aromatic hydroxyl groups is 1. The largest absolute Gasteiger partial charge is 0.508 e. The van der Waals surface area contributed by atoms with Gasteiger partial charge in [0.25, 0.3) is 0 Å². The molecule has 0 spiro atoms. The zero-order valence-electron chi connectivity index (χ0n) is 11.1. The summed E-state index contributed by atoms with van der Waals surface area (Å²) in [4.78, 5) is 14.4. The minimum Gasteiger partial charge on any atom is -0.508 e. The van der Waals surface area contributed by atoms with Gasteiger partial charge in [0.1, 0.15) is 11.4 Å². The molecule has 0 aliphatic rings. The predicted octanol–water partition coefficient (Wildman–Crippen LogP) is 3.75. The number of rotatable bonds is 3. The molecule has 3 rings (SSSR count). The molecule has 1 heterocycles. The van der Waals surface area contributed by atoms with E-state index in [0.29, 0.717) is 5.56 Å². The van der Waals surface area contributed by atoms with Crippen LogP contribution in [-0.4, -0.2) is 21.2 Å². The highest BCUT2D eigenvalue weighted by atomic mass is 16.4. The number of aromatic nitrogens is 1. The number of hydrogen-bond acceptors (Lipinski definition) is 2. The Bertz CT molecular complexity index is 774. The zero-order valence-corrected chi connectivity index (χ0v) is 11.1. The van der Waals surface area contributed by atoms with E-state index in [1.54, 1.807) is 12.1 Å². The number of H-pyrrole nitrogens is 1. The van der Waals surface area contributed by atoms with E-state index in [4.69, 9.17) is 0 Å². The number of aromatic carboxylic acids is 1. The molecule has 0 radical (unpaired) electrons. The van der Waals surface area contributed by atoms with Gasteiger partial charge in [0.2, 0.25) is 0 Å². The molecule has 0 saturated carbocycles. The second-order valence-electron chi connectivity index (χ2n) is 4.69. The van der Waals surface area contributed by atoms with Gasteiger partial charge >= 0.3 is 5.97 Å². The minimum absolute atomic E-state index is 0.138. The van der Waals surface area contributed by atoms with Crippen molar-refractivity contribution in [2.75, 3.05) is 0 Å². The number of phenolic OH excluding ortho intramolecular Hbond substituents is 1. The van der Waals surface area contributed by atoms with Crippen LogP contribution >= 0.6 is 0 Å². The maximum Gasteiger partial charge on any atom is 0.352 e. The number of benzene rings is 2. The fraction of sp³-hybridized carbons (Fsp3) is 0. The van der Waals surface area contributed by atoms with E-state index in [0.717, 1.165) is 16.8 Å². The molecular weight excluding hydrogens is 266 g/mol. The van der Waals surface area contributed by atoms with Gasteiger partial charge in [-0.3, -0.25) is 0 Å². The summed E-state index contributed by atoms with van der Waals surface area (Å²) in [6.45, 7) is 0. The van der Waals surface area contributed by atoms with Crippen molar-refractivity contribution in [3.63, 3.8) is 0 Å². The number of phenols is 1. The second kappa shape index (κ2) is 5.17. The third-order valence-electron chi connectivity index (χ3n) is 3.29. The van der Waals surface area contributed by atoms with Gasteiger partial charge in [0.15, 0.2) is 0 Å². The Kier molecular flexibility index (Phi) is 3.20. The SMILES string of the molecule is O=C(O)c1[nH]c(-c2ccccc2)cc1-c1ccc(O)cc1. The summed E-state index contributed by atoms with van der Waals surface area (Å²) in [6, 6.07) is 17.8. The van der Waals surface area contributed by atoms with E-state index < -0.39 is 5.97 Å². The number of carbonyl (C=O) groups is 1. The molecule has 0 atom stereocenters. The van der Waals surface area contributed by atoms with E-state index in [-0.39, 0.29) is 11.4 Å². The van der Waals surface area contributed by atoms with Crippen LogP contribution in [0.3, 0.4) is 0 Å². The molecule has 1 aromatic heterocycles. The molecule has 2 aromatic carbocycles. The smallest absolute Gasteiger partial charge is 0.352 e. The first kappa shape index (κ1) is 13.0. The normalized spacial score (nSPS) is 10.5. The van der Waals surface area contributed by atoms with E-state index in [1.165, 1.54) is 12.1 Å². The van der Waals surface area contributed by atoms with Gasteiger partial charge in [-0.25, -0.2) is 4.79 Å². The van der Waals surface area contributed by atoms with Gasteiger partial charge in [-0.05, 0) is 29.3 Å². The Labute approximate surface area is 121 Å². The molecule has 0 bridgehead atoms. The first-order valence-corrected chi connectivity index (χ1v) is 6.46. The molecule has 4 heteroatoms. The number of carboxylic acids is 1. The van der Waals surface area contributed by atoms with Gasteiger partial charge in [-0.15, -0.1) is 0 Å². The van der Waals surface area contributed by atoms with Gasteiger partial charge in [0, 0.05) is 11.3 Å². The summed E-state index contributed by atoms with van der Waals surface area (Å²) in [6.07, 6.45) is 0.